The summed E-state index contributed by atoms with van der Waals surface area (Å²) in [5, 5.41) is 0. The highest BCUT2D eigenvalue weighted by Gasteiger charge is 2.49. The zero-order valence-corrected chi connectivity index (χ0v) is 9.41. The molecule has 1 saturated carbocycles. The quantitative estimate of drug-likeness (QED) is 0.591. The Hall–Kier alpha value is 0. The van der Waals surface area contributed by atoms with Gasteiger partial charge in [0.05, 0.1) is 0 Å². The van der Waals surface area contributed by atoms with Crippen LogP contribution in [0.3, 0.4) is 0 Å². The second kappa shape index (κ2) is 3.05. The molecule has 0 aromatic carbocycles. The first-order chi connectivity index (χ1) is 5.47. The number of rotatable bonds is 3. The van der Waals surface area contributed by atoms with Crippen molar-refractivity contribution in [2.24, 2.45) is 16.7 Å². The van der Waals surface area contributed by atoms with E-state index in [4.69, 9.17) is 0 Å². The van der Waals surface area contributed by atoms with Crippen molar-refractivity contribution in [1.82, 2.24) is 0 Å². The summed E-state index contributed by atoms with van der Waals surface area (Å²) >= 11 is 0. The van der Waals surface area contributed by atoms with Crippen molar-refractivity contribution in [3.8, 4) is 0 Å². The molecule has 0 heteroatoms. The molecule has 0 heterocycles. The maximum Gasteiger partial charge on any atom is -0.0244 e. The van der Waals surface area contributed by atoms with Crippen molar-refractivity contribution in [3.05, 3.63) is 0 Å². The van der Waals surface area contributed by atoms with Gasteiger partial charge in [0.2, 0.25) is 0 Å². The Balaban J connectivity index is 2.69. The van der Waals surface area contributed by atoms with E-state index in [0.29, 0.717) is 10.8 Å². The van der Waals surface area contributed by atoms with Crippen LogP contribution in [-0.4, -0.2) is 0 Å². The van der Waals surface area contributed by atoms with Crippen LogP contribution < -0.4 is 0 Å². The molecule has 0 amide bonds. The Morgan fingerprint density at radius 1 is 1.25 bits per heavy atom. The topological polar surface area (TPSA) is 0 Å². The van der Waals surface area contributed by atoms with Gasteiger partial charge in [-0.25, -0.2) is 0 Å². The lowest BCUT2D eigenvalue weighted by Gasteiger charge is -2.56. The Kier molecular flexibility index (Phi) is 2.56. The smallest absolute Gasteiger partial charge is 0.0244 e. The van der Waals surface area contributed by atoms with Crippen LogP contribution in [0.2, 0.25) is 0 Å². The van der Waals surface area contributed by atoms with Crippen LogP contribution in [0.1, 0.15) is 60.3 Å². The third kappa shape index (κ3) is 1.30. The summed E-state index contributed by atoms with van der Waals surface area (Å²) in [5.41, 5.74) is 1.25. The van der Waals surface area contributed by atoms with Gasteiger partial charge in [-0.05, 0) is 36.0 Å². The molecule has 1 rings (SSSR count). The van der Waals surface area contributed by atoms with Gasteiger partial charge in [0.25, 0.3) is 0 Å². The average Bonchev–Trinajstić information content (AvgIpc) is 1.98. The lowest BCUT2D eigenvalue weighted by atomic mass is 9.49. The highest BCUT2D eigenvalue weighted by molar-refractivity contribution is 4.99. The normalized spacial score (nSPS) is 36.2. The molecular formula is C12H24. The minimum Gasteiger partial charge on any atom is -0.0649 e. The summed E-state index contributed by atoms with van der Waals surface area (Å²) in [5.74, 6) is 0.982. The Morgan fingerprint density at radius 2 is 1.75 bits per heavy atom. The molecule has 0 spiro atoms. The van der Waals surface area contributed by atoms with Crippen molar-refractivity contribution in [3.63, 3.8) is 0 Å². The lowest BCUT2D eigenvalue weighted by Crippen LogP contribution is -2.46. The molecule has 0 aliphatic heterocycles. The Labute approximate surface area is 77.7 Å². The maximum absolute atomic E-state index is 2.45. The van der Waals surface area contributed by atoms with Crippen molar-refractivity contribution >= 4 is 0 Å². The maximum atomic E-state index is 2.45. The van der Waals surface area contributed by atoms with Gasteiger partial charge in [-0.2, -0.15) is 0 Å². The SMILES string of the molecule is CCC(C)(C)C1(CC)CC(C)C1. The van der Waals surface area contributed by atoms with Crippen LogP contribution in [0.25, 0.3) is 0 Å². The Bertz CT molecular complexity index is 149. The molecule has 0 atom stereocenters. The summed E-state index contributed by atoms with van der Waals surface area (Å²) in [6.45, 7) is 12.0. The van der Waals surface area contributed by atoms with Crippen LogP contribution >= 0.6 is 0 Å². The Morgan fingerprint density at radius 3 is 2.00 bits per heavy atom. The van der Waals surface area contributed by atoms with E-state index in [-0.39, 0.29) is 0 Å². The van der Waals surface area contributed by atoms with Crippen LogP contribution in [0.15, 0.2) is 0 Å². The molecular weight excluding hydrogens is 144 g/mol. The lowest BCUT2D eigenvalue weighted by molar-refractivity contribution is -0.0604. The fraction of sp³-hybridized carbons (Fsp3) is 1.00. The molecule has 72 valence electrons. The van der Waals surface area contributed by atoms with Crippen LogP contribution in [0.4, 0.5) is 0 Å². The zero-order valence-electron chi connectivity index (χ0n) is 9.41. The highest BCUT2D eigenvalue weighted by atomic mass is 14.5. The van der Waals surface area contributed by atoms with Crippen molar-refractivity contribution in [2.45, 2.75) is 60.3 Å². The molecule has 0 nitrogen and oxygen atoms in total. The highest BCUT2D eigenvalue weighted by Crippen LogP contribution is 2.59. The first kappa shape index (κ1) is 10.1. The third-order valence-electron chi connectivity index (χ3n) is 4.47. The predicted molar refractivity (Wildman–Crippen MR) is 55.2 cm³/mol. The average molecular weight is 168 g/mol. The summed E-state index contributed by atoms with van der Waals surface area (Å²) < 4.78 is 0. The standard InChI is InChI=1S/C12H24/c1-6-11(4,5)12(7-2)8-10(3)9-12/h10H,6-9H2,1-5H3. The molecule has 1 fully saturated rings. The minimum atomic E-state index is 0.564. The van der Waals surface area contributed by atoms with Gasteiger partial charge in [-0.15, -0.1) is 0 Å². The van der Waals surface area contributed by atoms with E-state index in [9.17, 15) is 0 Å². The molecule has 12 heavy (non-hydrogen) atoms. The number of hydrogen-bond donors (Lipinski definition) is 0. The summed E-state index contributed by atoms with van der Waals surface area (Å²) in [6.07, 6.45) is 5.63. The second-order valence-corrected chi connectivity index (χ2v) is 5.38. The molecule has 0 N–H and O–H groups in total. The van der Waals surface area contributed by atoms with E-state index in [1.807, 2.05) is 0 Å². The van der Waals surface area contributed by atoms with E-state index < -0.39 is 0 Å². The molecule has 0 unspecified atom stereocenters. The van der Waals surface area contributed by atoms with Crippen LogP contribution in [0, 0.1) is 16.7 Å². The number of hydrogen-bond acceptors (Lipinski definition) is 0. The fourth-order valence-electron chi connectivity index (χ4n) is 2.97. The minimum absolute atomic E-state index is 0.564. The molecule has 0 radical (unpaired) electrons. The first-order valence-electron chi connectivity index (χ1n) is 5.47. The zero-order chi connectivity index (χ0) is 9.41. The van der Waals surface area contributed by atoms with Crippen molar-refractivity contribution in [2.75, 3.05) is 0 Å². The second-order valence-electron chi connectivity index (χ2n) is 5.38. The van der Waals surface area contributed by atoms with Crippen molar-refractivity contribution < 1.29 is 0 Å². The van der Waals surface area contributed by atoms with Gasteiger partial charge in [0.15, 0.2) is 0 Å². The molecule has 0 aromatic heterocycles. The van der Waals surface area contributed by atoms with E-state index in [2.05, 4.69) is 34.6 Å². The summed E-state index contributed by atoms with van der Waals surface area (Å²) in [7, 11) is 0. The van der Waals surface area contributed by atoms with E-state index in [1.54, 1.807) is 0 Å². The van der Waals surface area contributed by atoms with Crippen LogP contribution in [0.5, 0.6) is 0 Å². The van der Waals surface area contributed by atoms with E-state index in [0.717, 1.165) is 5.92 Å². The van der Waals surface area contributed by atoms with Gasteiger partial charge in [0, 0.05) is 0 Å². The summed E-state index contributed by atoms with van der Waals surface area (Å²) in [6, 6.07) is 0. The molecule has 0 aromatic rings. The monoisotopic (exact) mass is 168 g/mol. The van der Waals surface area contributed by atoms with Crippen LogP contribution in [-0.2, 0) is 0 Å². The molecule has 0 saturated heterocycles. The fourth-order valence-corrected chi connectivity index (χ4v) is 2.97. The van der Waals surface area contributed by atoms with E-state index in [1.165, 1.54) is 25.7 Å². The predicted octanol–water partition coefficient (Wildman–Crippen LogP) is 4.25. The molecule has 1 aliphatic carbocycles. The van der Waals surface area contributed by atoms with Gasteiger partial charge in [-0.3, -0.25) is 0 Å². The first-order valence-corrected chi connectivity index (χ1v) is 5.47. The van der Waals surface area contributed by atoms with Crippen molar-refractivity contribution in [1.29, 1.82) is 0 Å². The molecule has 0 bridgehead atoms. The largest absolute Gasteiger partial charge is 0.0649 e. The van der Waals surface area contributed by atoms with E-state index >= 15 is 0 Å². The third-order valence-corrected chi connectivity index (χ3v) is 4.47. The van der Waals surface area contributed by atoms with Gasteiger partial charge < -0.3 is 0 Å². The van der Waals surface area contributed by atoms with Gasteiger partial charge in [-0.1, -0.05) is 41.0 Å². The molecule has 1 aliphatic rings. The van der Waals surface area contributed by atoms with Gasteiger partial charge >= 0.3 is 0 Å². The van der Waals surface area contributed by atoms with Gasteiger partial charge in [0.1, 0.15) is 0 Å². The summed E-state index contributed by atoms with van der Waals surface area (Å²) in [4.78, 5) is 0.